The van der Waals surface area contributed by atoms with Crippen LogP contribution in [0, 0.1) is 0 Å². The number of morpholine rings is 1. The van der Waals surface area contributed by atoms with E-state index in [1.54, 1.807) is 0 Å². The highest BCUT2D eigenvalue weighted by Crippen LogP contribution is 2.13. The molecule has 1 rings (SSSR count). The molecule has 1 aliphatic rings. The molecule has 14 heavy (non-hydrogen) atoms. The van der Waals surface area contributed by atoms with Gasteiger partial charge in [0.15, 0.2) is 0 Å². The SMILES string of the molecule is CCC(CC)N1CCOC(C(N)=S)C1. The van der Waals surface area contributed by atoms with Crippen LogP contribution in [0.25, 0.3) is 0 Å². The van der Waals surface area contributed by atoms with Crippen LogP contribution in [0.3, 0.4) is 0 Å². The molecule has 1 atom stereocenters. The molecule has 1 unspecified atom stereocenters. The normalized spacial score (nSPS) is 24.1. The van der Waals surface area contributed by atoms with Gasteiger partial charge in [-0.2, -0.15) is 0 Å². The number of thiocarbonyl (C=S) groups is 1. The number of hydrogen-bond donors (Lipinski definition) is 1. The molecule has 3 nitrogen and oxygen atoms in total. The van der Waals surface area contributed by atoms with E-state index in [9.17, 15) is 0 Å². The highest BCUT2D eigenvalue weighted by atomic mass is 32.1. The molecule has 0 aromatic rings. The van der Waals surface area contributed by atoms with E-state index >= 15 is 0 Å². The molecule has 0 bridgehead atoms. The fourth-order valence-corrected chi connectivity index (χ4v) is 2.12. The smallest absolute Gasteiger partial charge is 0.120 e. The van der Waals surface area contributed by atoms with Crippen molar-refractivity contribution in [1.82, 2.24) is 4.90 Å². The summed E-state index contributed by atoms with van der Waals surface area (Å²) in [4.78, 5) is 2.92. The second-order valence-corrected chi connectivity index (χ2v) is 4.20. The topological polar surface area (TPSA) is 38.5 Å². The van der Waals surface area contributed by atoms with Crippen LogP contribution in [-0.4, -0.2) is 41.7 Å². The lowest BCUT2D eigenvalue weighted by Gasteiger charge is -2.37. The molecule has 0 aromatic carbocycles. The van der Waals surface area contributed by atoms with E-state index in [0.29, 0.717) is 11.0 Å². The van der Waals surface area contributed by atoms with Crippen molar-refractivity contribution >= 4 is 17.2 Å². The minimum Gasteiger partial charge on any atom is -0.391 e. The molecule has 0 saturated carbocycles. The van der Waals surface area contributed by atoms with Gasteiger partial charge >= 0.3 is 0 Å². The van der Waals surface area contributed by atoms with E-state index in [-0.39, 0.29) is 6.10 Å². The Labute approximate surface area is 91.6 Å². The Balaban J connectivity index is 2.50. The van der Waals surface area contributed by atoms with Gasteiger partial charge in [-0.05, 0) is 12.8 Å². The monoisotopic (exact) mass is 216 g/mol. The Morgan fingerprint density at radius 3 is 2.71 bits per heavy atom. The molecule has 4 heteroatoms. The van der Waals surface area contributed by atoms with Crippen molar-refractivity contribution < 1.29 is 4.74 Å². The van der Waals surface area contributed by atoms with Crippen molar-refractivity contribution in [2.24, 2.45) is 5.73 Å². The molecule has 1 saturated heterocycles. The standard InChI is InChI=1S/C10H20N2OS/c1-3-8(4-2)12-5-6-13-9(7-12)10(11)14/h8-9H,3-7H2,1-2H3,(H2,11,14). The van der Waals surface area contributed by atoms with Gasteiger partial charge in [-0.15, -0.1) is 0 Å². The van der Waals surface area contributed by atoms with Crippen LogP contribution in [0.4, 0.5) is 0 Å². The van der Waals surface area contributed by atoms with Crippen LogP contribution in [0.1, 0.15) is 26.7 Å². The first kappa shape index (κ1) is 11.9. The molecule has 0 radical (unpaired) electrons. The predicted molar refractivity (Wildman–Crippen MR) is 62.5 cm³/mol. The summed E-state index contributed by atoms with van der Waals surface area (Å²) < 4.78 is 5.50. The maximum absolute atomic E-state index is 5.59. The summed E-state index contributed by atoms with van der Waals surface area (Å²) in [6, 6.07) is 0.649. The molecule has 2 N–H and O–H groups in total. The van der Waals surface area contributed by atoms with Crippen LogP contribution in [0.2, 0.25) is 0 Å². The van der Waals surface area contributed by atoms with E-state index in [2.05, 4.69) is 18.7 Å². The Morgan fingerprint density at radius 1 is 1.57 bits per heavy atom. The molecule has 1 fully saturated rings. The maximum Gasteiger partial charge on any atom is 0.120 e. The van der Waals surface area contributed by atoms with Crippen molar-refractivity contribution in [3.63, 3.8) is 0 Å². The first-order valence-corrected chi connectivity index (χ1v) is 5.74. The second-order valence-electron chi connectivity index (χ2n) is 3.73. The molecule has 0 aliphatic carbocycles. The van der Waals surface area contributed by atoms with E-state index in [4.69, 9.17) is 22.7 Å². The summed E-state index contributed by atoms with van der Waals surface area (Å²) in [6.07, 6.45) is 2.32. The Morgan fingerprint density at radius 2 is 2.21 bits per heavy atom. The Hall–Kier alpha value is -0.190. The third kappa shape index (κ3) is 2.90. The van der Waals surface area contributed by atoms with Gasteiger partial charge in [-0.3, -0.25) is 4.90 Å². The van der Waals surface area contributed by atoms with Crippen molar-refractivity contribution in [3.8, 4) is 0 Å². The molecule has 0 spiro atoms. The summed E-state index contributed by atoms with van der Waals surface area (Å²) in [5.74, 6) is 0. The zero-order valence-corrected chi connectivity index (χ0v) is 9.85. The summed E-state index contributed by atoms with van der Waals surface area (Å²) in [7, 11) is 0. The third-order valence-corrected chi connectivity index (χ3v) is 3.14. The van der Waals surface area contributed by atoms with Gasteiger partial charge in [-0.1, -0.05) is 26.1 Å². The van der Waals surface area contributed by atoms with E-state index in [1.807, 2.05) is 0 Å². The minimum absolute atomic E-state index is 0.0423. The van der Waals surface area contributed by atoms with Crippen molar-refractivity contribution in [1.29, 1.82) is 0 Å². The Kier molecular flexibility index (Phi) is 4.78. The van der Waals surface area contributed by atoms with Crippen molar-refractivity contribution in [2.75, 3.05) is 19.7 Å². The van der Waals surface area contributed by atoms with E-state index in [0.717, 1.165) is 19.7 Å². The highest BCUT2D eigenvalue weighted by Gasteiger charge is 2.25. The molecular formula is C10H20N2OS. The van der Waals surface area contributed by atoms with Crippen LogP contribution < -0.4 is 5.73 Å². The Bertz CT molecular complexity index is 195. The summed E-state index contributed by atoms with van der Waals surface area (Å²) in [5, 5.41) is 0. The fourth-order valence-electron chi connectivity index (χ4n) is 1.98. The third-order valence-electron chi connectivity index (χ3n) is 2.87. The summed E-state index contributed by atoms with van der Waals surface area (Å²) in [5.41, 5.74) is 5.59. The number of rotatable bonds is 4. The van der Waals surface area contributed by atoms with Crippen LogP contribution in [0.15, 0.2) is 0 Å². The van der Waals surface area contributed by atoms with Crippen LogP contribution in [-0.2, 0) is 4.74 Å². The minimum atomic E-state index is -0.0423. The molecule has 1 aliphatic heterocycles. The van der Waals surface area contributed by atoms with Gasteiger partial charge in [0.05, 0.1) is 6.61 Å². The molecular weight excluding hydrogens is 196 g/mol. The maximum atomic E-state index is 5.59. The summed E-state index contributed by atoms with van der Waals surface area (Å²) in [6.45, 7) is 7.06. The van der Waals surface area contributed by atoms with Crippen LogP contribution in [0.5, 0.6) is 0 Å². The zero-order chi connectivity index (χ0) is 10.6. The van der Waals surface area contributed by atoms with Gasteiger partial charge in [0.1, 0.15) is 11.1 Å². The van der Waals surface area contributed by atoms with Crippen LogP contribution >= 0.6 is 12.2 Å². The second kappa shape index (κ2) is 5.63. The summed E-state index contributed by atoms with van der Waals surface area (Å²) >= 11 is 4.95. The van der Waals surface area contributed by atoms with Gasteiger partial charge in [-0.25, -0.2) is 0 Å². The highest BCUT2D eigenvalue weighted by molar-refractivity contribution is 7.80. The molecule has 0 amide bonds. The number of hydrogen-bond acceptors (Lipinski definition) is 3. The zero-order valence-electron chi connectivity index (χ0n) is 9.03. The quantitative estimate of drug-likeness (QED) is 0.716. The van der Waals surface area contributed by atoms with Gasteiger partial charge < -0.3 is 10.5 Å². The lowest BCUT2D eigenvalue weighted by atomic mass is 10.1. The number of nitrogens with zero attached hydrogens (tertiary/aromatic N) is 1. The van der Waals surface area contributed by atoms with Crippen molar-refractivity contribution in [3.05, 3.63) is 0 Å². The average Bonchev–Trinajstić information content (AvgIpc) is 2.20. The number of nitrogens with two attached hydrogens (primary N) is 1. The first-order valence-electron chi connectivity index (χ1n) is 5.34. The van der Waals surface area contributed by atoms with Crippen molar-refractivity contribution in [2.45, 2.75) is 38.8 Å². The molecule has 1 heterocycles. The van der Waals surface area contributed by atoms with Gasteiger partial charge in [0, 0.05) is 19.1 Å². The lowest BCUT2D eigenvalue weighted by Crippen LogP contribution is -2.51. The van der Waals surface area contributed by atoms with Gasteiger partial charge in [0.2, 0.25) is 0 Å². The fraction of sp³-hybridized carbons (Fsp3) is 0.900. The lowest BCUT2D eigenvalue weighted by molar-refractivity contribution is -0.0122. The largest absolute Gasteiger partial charge is 0.391 e. The molecule has 0 aromatic heterocycles. The average molecular weight is 216 g/mol. The first-order chi connectivity index (χ1) is 6.69. The number of ether oxygens (including phenoxy) is 1. The van der Waals surface area contributed by atoms with E-state index < -0.39 is 0 Å². The van der Waals surface area contributed by atoms with Gasteiger partial charge in [0.25, 0.3) is 0 Å². The van der Waals surface area contributed by atoms with E-state index in [1.165, 1.54) is 12.8 Å². The molecule has 82 valence electrons. The predicted octanol–water partition coefficient (Wildman–Crippen LogP) is 1.16.